The summed E-state index contributed by atoms with van der Waals surface area (Å²) >= 11 is 0. The highest BCUT2D eigenvalue weighted by Gasteiger charge is 2.19. The number of nitrogens with one attached hydrogen (secondary N) is 1. The van der Waals surface area contributed by atoms with Crippen LogP contribution >= 0.6 is 0 Å². The molecule has 1 N–H and O–H groups in total. The number of nitrogens with zero attached hydrogens (tertiary/aromatic N) is 3. The van der Waals surface area contributed by atoms with Gasteiger partial charge in [-0.2, -0.15) is 0 Å². The number of guanidine groups is 1. The number of hydrogen-bond donors (Lipinski definition) is 1. The van der Waals surface area contributed by atoms with Gasteiger partial charge in [-0.1, -0.05) is 38.1 Å². The van der Waals surface area contributed by atoms with Crippen molar-refractivity contribution in [3.05, 3.63) is 35.4 Å². The van der Waals surface area contributed by atoms with Crippen LogP contribution in [0.15, 0.2) is 29.3 Å². The fraction of sp³-hybridized carbons (Fsp3) is 0.708. The number of hydrogen-bond acceptors (Lipinski definition) is 4. The molecule has 2 aliphatic rings. The molecule has 6 nitrogen and oxygen atoms in total. The molecule has 168 valence electrons. The van der Waals surface area contributed by atoms with E-state index >= 15 is 0 Å². The molecule has 0 aliphatic carbocycles. The predicted molar refractivity (Wildman–Crippen MR) is 123 cm³/mol. The van der Waals surface area contributed by atoms with Crippen LogP contribution in [0.5, 0.6) is 0 Å². The van der Waals surface area contributed by atoms with Gasteiger partial charge in [0.25, 0.3) is 0 Å². The largest absolute Gasteiger partial charge is 0.381 e. The Hall–Kier alpha value is -1.63. The molecule has 0 aromatic heterocycles. The van der Waals surface area contributed by atoms with Crippen LogP contribution in [0.3, 0.4) is 0 Å². The summed E-state index contributed by atoms with van der Waals surface area (Å²) < 4.78 is 11.3. The van der Waals surface area contributed by atoms with Crippen molar-refractivity contribution in [1.29, 1.82) is 0 Å². The quantitative estimate of drug-likeness (QED) is 0.401. The highest BCUT2D eigenvalue weighted by atomic mass is 16.5. The summed E-state index contributed by atoms with van der Waals surface area (Å²) in [5, 5.41) is 3.51. The Bertz CT molecular complexity index is 633. The first-order valence-corrected chi connectivity index (χ1v) is 11.6. The molecule has 0 spiro atoms. The van der Waals surface area contributed by atoms with Crippen molar-refractivity contribution in [2.45, 2.75) is 51.7 Å². The van der Waals surface area contributed by atoms with E-state index in [0.717, 1.165) is 84.3 Å². The number of benzene rings is 1. The Balaban J connectivity index is 1.32. The van der Waals surface area contributed by atoms with Crippen LogP contribution in [-0.2, 0) is 16.0 Å². The second-order valence-electron chi connectivity index (χ2n) is 8.67. The highest BCUT2D eigenvalue weighted by Crippen LogP contribution is 2.16. The van der Waals surface area contributed by atoms with Crippen LogP contribution in [0.4, 0.5) is 0 Å². The van der Waals surface area contributed by atoms with Crippen molar-refractivity contribution in [2.75, 3.05) is 59.6 Å². The third-order valence-electron chi connectivity index (χ3n) is 6.06. The van der Waals surface area contributed by atoms with Gasteiger partial charge in [0.1, 0.15) is 0 Å². The smallest absolute Gasteiger partial charge is 0.193 e. The van der Waals surface area contributed by atoms with Gasteiger partial charge in [-0.3, -0.25) is 9.89 Å². The second-order valence-corrected chi connectivity index (χ2v) is 8.67. The fourth-order valence-electron chi connectivity index (χ4n) is 4.08. The van der Waals surface area contributed by atoms with E-state index in [2.05, 4.69) is 58.2 Å². The highest BCUT2D eigenvalue weighted by molar-refractivity contribution is 5.79. The molecule has 1 aromatic rings. The van der Waals surface area contributed by atoms with Gasteiger partial charge in [-0.25, -0.2) is 0 Å². The molecule has 2 saturated heterocycles. The first-order chi connectivity index (χ1) is 14.7. The molecule has 30 heavy (non-hydrogen) atoms. The van der Waals surface area contributed by atoms with Gasteiger partial charge in [-0.05, 0) is 36.3 Å². The Labute approximate surface area is 182 Å². The minimum absolute atomic E-state index is 0.382. The molecule has 0 amide bonds. The van der Waals surface area contributed by atoms with E-state index < -0.39 is 0 Å². The summed E-state index contributed by atoms with van der Waals surface area (Å²) in [6.07, 6.45) is 3.44. The minimum atomic E-state index is 0.382. The fourth-order valence-corrected chi connectivity index (χ4v) is 4.08. The Kier molecular flexibility index (Phi) is 9.43. The van der Waals surface area contributed by atoms with E-state index in [9.17, 15) is 0 Å². The lowest BCUT2D eigenvalue weighted by Gasteiger charge is -2.36. The van der Waals surface area contributed by atoms with Crippen molar-refractivity contribution >= 4 is 5.96 Å². The van der Waals surface area contributed by atoms with Crippen LogP contribution in [0, 0.1) is 0 Å². The molecule has 3 rings (SSSR count). The minimum Gasteiger partial charge on any atom is -0.381 e. The molecule has 2 fully saturated rings. The summed E-state index contributed by atoms with van der Waals surface area (Å²) in [6, 6.07) is 9.11. The van der Waals surface area contributed by atoms with E-state index in [1.54, 1.807) is 0 Å². The van der Waals surface area contributed by atoms with E-state index in [1.165, 1.54) is 11.1 Å². The van der Waals surface area contributed by atoms with Crippen molar-refractivity contribution < 1.29 is 9.47 Å². The molecular weight excluding hydrogens is 376 g/mol. The van der Waals surface area contributed by atoms with Crippen molar-refractivity contribution in [2.24, 2.45) is 4.99 Å². The number of piperazine rings is 1. The third kappa shape index (κ3) is 7.25. The van der Waals surface area contributed by atoms with Gasteiger partial charge in [0, 0.05) is 66.1 Å². The first-order valence-electron chi connectivity index (χ1n) is 11.6. The topological polar surface area (TPSA) is 49.3 Å². The Morgan fingerprint density at radius 2 is 1.83 bits per heavy atom. The van der Waals surface area contributed by atoms with Crippen LogP contribution in [0.2, 0.25) is 0 Å². The van der Waals surface area contributed by atoms with Crippen LogP contribution in [0.1, 0.15) is 50.2 Å². The van der Waals surface area contributed by atoms with Crippen LogP contribution < -0.4 is 5.32 Å². The summed E-state index contributed by atoms with van der Waals surface area (Å²) in [7, 11) is 1.88. The number of aliphatic imine (C=N–C) groups is 1. The standard InChI is InChI=1S/C24H40N4O2/c1-20(2)22-7-5-21(6-8-22)19-27-12-14-28(15-13-27)24(25-3)26-11-4-16-30-23-9-17-29-18-10-23/h5-8,20,23H,4,9-19H2,1-3H3,(H,25,26). The van der Waals surface area contributed by atoms with Gasteiger partial charge < -0.3 is 19.7 Å². The molecule has 0 saturated carbocycles. The van der Waals surface area contributed by atoms with Crippen LogP contribution in [0.25, 0.3) is 0 Å². The summed E-state index contributed by atoms with van der Waals surface area (Å²) in [5.41, 5.74) is 2.82. The molecule has 2 heterocycles. The number of rotatable bonds is 8. The van der Waals surface area contributed by atoms with Crippen molar-refractivity contribution in [3.8, 4) is 0 Å². The summed E-state index contributed by atoms with van der Waals surface area (Å²) in [5.74, 6) is 1.61. The SMILES string of the molecule is CN=C(NCCCOC1CCOCC1)N1CCN(Cc2ccc(C(C)C)cc2)CC1. The maximum atomic E-state index is 5.95. The second kappa shape index (κ2) is 12.3. The molecular formula is C24H40N4O2. The predicted octanol–water partition coefficient (Wildman–Crippen LogP) is 3.09. The monoisotopic (exact) mass is 416 g/mol. The zero-order valence-corrected chi connectivity index (χ0v) is 19.1. The van der Waals surface area contributed by atoms with Gasteiger partial charge in [0.2, 0.25) is 0 Å². The van der Waals surface area contributed by atoms with Gasteiger partial charge in [0.15, 0.2) is 5.96 Å². The van der Waals surface area contributed by atoms with Crippen LogP contribution in [-0.4, -0.2) is 81.5 Å². The van der Waals surface area contributed by atoms with E-state index in [1.807, 2.05) is 7.05 Å². The zero-order chi connectivity index (χ0) is 21.2. The molecule has 0 radical (unpaired) electrons. The van der Waals surface area contributed by atoms with Gasteiger partial charge in [0.05, 0.1) is 6.10 Å². The van der Waals surface area contributed by atoms with E-state index in [4.69, 9.17) is 9.47 Å². The van der Waals surface area contributed by atoms with Crippen molar-refractivity contribution in [3.63, 3.8) is 0 Å². The third-order valence-corrected chi connectivity index (χ3v) is 6.06. The average molecular weight is 417 g/mol. The molecule has 2 aliphatic heterocycles. The summed E-state index contributed by atoms with van der Waals surface area (Å²) in [4.78, 5) is 9.40. The van der Waals surface area contributed by atoms with E-state index in [0.29, 0.717) is 12.0 Å². The van der Waals surface area contributed by atoms with Gasteiger partial charge >= 0.3 is 0 Å². The molecule has 6 heteroatoms. The normalized spacial score (nSPS) is 19.5. The lowest BCUT2D eigenvalue weighted by Crippen LogP contribution is -2.52. The van der Waals surface area contributed by atoms with Gasteiger partial charge in [-0.15, -0.1) is 0 Å². The Morgan fingerprint density at radius 1 is 1.13 bits per heavy atom. The molecule has 0 unspecified atom stereocenters. The summed E-state index contributed by atoms with van der Waals surface area (Å²) in [6.45, 7) is 13.1. The maximum Gasteiger partial charge on any atom is 0.193 e. The molecule has 0 bridgehead atoms. The number of ether oxygens (including phenoxy) is 2. The molecule has 0 atom stereocenters. The van der Waals surface area contributed by atoms with E-state index in [-0.39, 0.29) is 0 Å². The van der Waals surface area contributed by atoms with Crippen molar-refractivity contribution in [1.82, 2.24) is 15.1 Å². The zero-order valence-electron chi connectivity index (χ0n) is 19.1. The maximum absolute atomic E-state index is 5.95. The average Bonchev–Trinajstić information content (AvgIpc) is 2.78. The first kappa shape index (κ1) is 23.0. The lowest BCUT2D eigenvalue weighted by molar-refractivity contribution is -0.0320. The molecule has 1 aromatic carbocycles. The Morgan fingerprint density at radius 3 is 2.47 bits per heavy atom. The lowest BCUT2D eigenvalue weighted by atomic mass is 10.0.